The van der Waals surface area contributed by atoms with Crippen LogP contribution >= 0.6 is 0 Å². The fourth-order valence-electron chi connectivity index (χ4n) is 3.98. The molecule has 10 heteroatoms. The first-order valence-electron chi connectivity index (χ1n) is 10.7. The first-order chi connectivity index (χ1) is 15.3. The van der Waals surface area contributed by atoms with E-state index < -0.39 is 10.0 Å². The summed E-state index contributed by atoms with van der Waals surface area (Å²) in [5.74, 6) is 1.27. The Kier molecular flexibility index (Phi) is 6.05. The summed E-state index contributed by atoms with van der Waals surface area (Å²) in [7, 11) is -3.73. The zero-order valence-electron chi connectivity index (χ0n) is 18.8. The number of aromatic amines is 1. The molecule has 32 heavy (non-hydrogen) atoms. The van der Waals surface area contributed by atoms with E-state index in [0.29, 0.717) is 25.6 Å². The summed E-state index contributed by atoms with van der Waals surface area (Å²) in [6.07, 6.45) is 3.51. The Balaban J connectivity index is 1.58. The maximum absolute atomic E-state index is 13.0. The number of hydrogen-bond donors (Lipinski definition) is 2. The number of nitrogens with one attached hydrogen (secondary N) is 2. The van der Waals surface area contributed by atoms with Crippen molar-refractivity contribution in [3.05, 3.63) is 48.4 Å². The zero-order chi connectivity index (χ0) is 22.9. The van der Waals surface area contributed by atoms with Gasteiger partial charge in [-0.05, 0) is 45.4 Å². The number of sulfonamides is 1. The van der Waals surface area contributed by atoms with Gasteiger partial charge in [0, 0.05) is 37.9 Å². The summed E-state index contributed by atoms with van der Waals surface area (Å²) in [4.78, 5) is 21.1. The predicted molar refractivity (Wildman–Crippen MR) is 126 cm³/mol. The Labute approximate surface area is 188 Å². The van der Waals surface area contributed by atoms with E-state index in [2.05, 4.69) is 36.5 Å². The smallest absolute Gasteiger partial charge is 0.264 e. The third-order valence-electron chi connectivity index (χ3n) is 5.51. The number of H-pyrrole nitrogens is 1. The van der Waals surface area contributed by atoms with Crippen molar-refractivity contribution >= 4 is 32.8 Å². The van der Waals surface area contributed by atoms with Crippen LogP contribution in [0.1, 0.15) is 26.3 Å². The lowest BCUT2D eigenvalue weighted by atomic mass is 10.1. The van der Waals surface area contributed by atoms with Crippen molar-refractivity contribution in [2.45, 2.75) is 44.7 Å². The van der Waals surface area contributed by atoms with Gasteiger partial charge in [-0.25, -0.2) is 28.1 Å². The molecular weight excluding hydrogens is 426 g/mol. The molecule has 1 saturated heterocycles. The molecule has 0 radical (unpaired) electrons. The normalized spacial score (nSPS) is 17.9. The van der Waals surface area contributed by atoms with Crippen molar-refractivity contribution in [2.75, 3.05) is 24.5 Å². The number of aliphatic imine (C=N–C) groups is 1. The van der Waals surface area contributed by atoms with Gasteiger partial charge in [0.15, 0.2) is 0 Å². The van der Waals surface area contributed by atoms with Gasteiger partial charge >= 0.3 is 0 Å². The minimum absolute atomic E-state index is 0.0176. The number of aryl methyl sites for hydroxylation is 1. The van der Waals surface area contributed by atoms with E-state index >= 15 is 0 Å². The molecule has 3 heterocycles. The Morgan fingerprint density at radius 2 is 1.97 bits per heavy atom. The molecule has 0 saturated carbocycles. The van der Waals surface area contributed by atoms with Crippen LogP contribution in [-0.2, 0) is 10.0 Å². The Morgan fingerprint density at radius 3 is 2.66 bits per heavy atom. The standard InChI is InChI=1S/C22H29N7O2S/c1-15(2)26-22(27-32(30,31)18-8-6-5-7-9-18)29-11-10-28(13-17(29)4)21-19-16(3)12-23-20(19)24-14-25-21/h5-9,12,14-15,17H,10-11,13H2,1-4H3,(H,26,27)(H,23,24,25)/t17-/m0/s1. The van der Waals surface area contributed by atoms with Crippen molar-refractivity contribution in [3.63, 3.8) is 0 Å². The average Bonchev–Trinajstić information content (AvgIpc) is 3.14. The van der Waals surface area contributed by atoms with Crippen LogP contribution in [0.5, 0.6) is 0 Å². The average molecular weight is 456 g/mol. The van der Waals surface area contributed by atoms with Gasteiger partial charge in [-0.15, -0.1) is 0 Å². The van der Waals surface area contributed by atoms with Gasteiger partial charge in [-0.1, -0.05) is 18.2 Å². The molecule has 2 N–H and O–H groups in total. The molecule has 0 unspecified atom stereocenters. The number of nitrogens with zero attached hydrogens (tertiary/aromatic N) is 5. The number of fused-ring (bicyclic) bond motifs is 1. The Morgan fingerprint density at radius 1 is 1.22 bits per heavy atom. The van der Waals surface area contributed by atoms with Crippen LogP contribution in [0.25, 0.3) is 11.0 Å². The van der Waals surface area contributed by atoms with Gasteiger partial charge in [0.1, 0.15) is 17.8 Å². The molecule has 0 bridgehead atoms. The van der Waals surface area contributed by atoms with Crippen LogP contribution in [0.4, 0.5) is 5.82 Å². The first kappa shape index (κ1) is 22.1. The fourth-order valence-corrected chi connectivity index (χ4v) is 5.03. The van der Waals surface area contributed by atoms with E-state index in [-0.39, 0.29) is 17.0 Å². The van der Waals surface area contributed by atoms with E-state index in [1.54, 1.807) is 36.7 Å². The maximum atomic E-state index is 13.0. The fraction of sp³-hybridized carbons (Fsp3) is 0.409. The molecular formula is C22H29N7O2S. The monoisotopic (exact) mass is 455 g/mol. The number of piperazine rings is 1. The molecule has 0 amide bonds. The molecule has 4 rings (SSSR count). The van der Waals surface area contributed by atoms with Crippen LogP contribution in [-0.4, -0.2) is 65.9 Å². The molecule has 9 nitrogen and oxygen atoms in total. The van der Waals surface area contributed by atoms with E-state index in [4.69, 9.17) is 0 Å². The number of guanidine groups is 1. The summed E-state index contributed by atoms with van der Waals surface area (Å²) in [5, 5.41) is 1.02. The lowest BCUT2D eigenvalue weighted by Gasteiger charge is -2.42. The van der Waals surface area contributed by atoms with Crippen LogP contribution < -0.4 is 9.62 Å². The second kappa shape index (κ2) is 8.78. The first-order valence-corrected chi connectivity index (χ1v) is 12.2. The number of rotatable bonds is 4. The molecule has 1 atom stereocenters. The molecule has 3 aromatic rings. The van der Waals surface area contributed by atoms with Gasteiger partial charge in [-0.2, -0.15) is 0 Å². The van der Waals surface area contributed by atoms with E-state index in [1.807, 2.05) is 31.9 Å². The molecule has 1 aliphatic heterocycles. The van der Waals surface area contributed by atoms with E-state index in [9.17, 15) is 8.42 Å². The van der Waals surface area contributed by atoms with E-state index in [1.165, 1.54) is 0 Å². The van der Waals surface area contributed by atoms with Crippen LogP contribution in [0.15, 0.2) is 52.7 Å². The highest BCUT2D eigenvalue weighted by molar-refractivity contribution is 7.90. The number of aromatic nitrogens is 3. The third kappa shape index (κ3) is 4.40. The van der Waals surface area contributed by atoms with Crippen molar-refractivity contribution < 1.29 is 8.42 Å². The molecule has 170 valence electrons. The second-order valence-electron chi connectivity index (χ2n) is 8.35. The molecule has 1 fully saturated rings. The molecule has 2 aromatic heterocycles. The highest BCUT2D eigenvalue weighted by Gasteiger charge is 2.30. The summed E-state index contributed by atoms with van der Waals surface area (Å²) in [6.45, 7) is 9.96. The van der Waals surface area contributed by atoms with Crippen LogP contribution in [0, 0.1) is 6.92 Å². The summed E-state index contributed by atoms with van der Waals surface area (Å²) < 4.78 is 28.7. The maximum Gasteiger partial charge on any atom is 0.264 e. The Hall–Kier alpha value is -3.14. The lowest BCUT2D eigenvalue weighted by molar-refractivity contribution is 0.290. The van der Waals surface area contributed by atoms with Gasteiger partial charge < -0.3 is 14.8 Å². The highest BCUT2D eigenvalue weighted by Crippen LogP contribution is 2.27. The topological polar surface area (TPSA) is 107 Å². The summed E-state index contributed by atoms with van der Waals surface area (Å²) in [5.41, 5.74) is 1.92. The molecule has 1 aromatic carbocycles. The van der Waals surface area contributed by atoms with Gasteiger partial charge in [0.05, 0.1) is 10.3 Å². The summed E-state index contributed by atoms with van der Waals surface area (Å²) >= 11 is 0. The third-order valence-corrected chi connectivity index (χ3v) is 6.85. The van der Waals surface area contributed by atoms with Crippen LogP contribution in [0.3, 0.4) is 0 Å². The largest absolute Gasteiger partial charge is 0.352 e. The number of anilines is 1. The molecule has 1 aliphatic rings. The van der Waals surface area contributed by atoms with Gasteiger partial charge in [0.2, 0.25) is 5.96 Å². The predicted octanol–water partition coefficient (Wildman–Crippen LogP) is 2.52. The quantitative estimate of drug-likeness (QED) is 0.463. The van der Waals surface area contributed by atoms with Crippen molar-refractivity contribution in [1.82, 2.24) is 24.6 Å². The summed E-state index contributed by atoms with van der Waals surface area (Å²) in [6, 6.07) is 8.33. The second-order valence-corrected chi connectivity index (χ2v) is 10.0. The van der Waals surface area contributed by atoms with Crippen molar-refractivity contribution in [3.8, 4) is 0 Å². The van der Waals surface area contributed by atoms with Crippen molar-refractivity contribution in [1.29, 1.82) is 0 Å². The molecule has 0 spiro atoms. The number of benzene rings is 1. The minimum atomic E-state index is -3.73. The minimum Gasteiger partial charge on any atom is -0.352 e. The highest BCUT2D eigenvalue weighted by atomic mass is 32.2. The van der Waals surface area contributed by atoms with Crippen LogP contribution in [0.2, 0.25) is 0 Å². The van der Waals surface area contributed by atoms with Gasteiger partial charge in [0.25, 0.3) is 10.0 Å². The Bertz CT molecular complexity index is 1220. The zero-order valence-corrected chi connectivity index (χ0v) is 19.6. The lowest BCUT2D eigenvalue weighted by Crippen LogP contribution is -2.58. The van der Waals surface area contributed by atoms with Crippen molar-refractivity contribution in [2.24, 2.45) is 4.99 Å². The molecule has 0 aliphatic carbocycles. The van der Waals surface area contributed by atoms with Gasteiger partial charge in [-0.3, -0.25) is 0 Å². The van der Waals surface area contributed by atoms with E-state index in [0.717, 1.165) is 22.4 Å². The number of hydrogen-bond acceptors (Lipinski definition) is 6. The SMILES string of the molecule is Cc1c[nH]c2ncnc(N3CCN(C(=NC(C)C)NS(=O)(=O)c4ccccc4)[C@@H](C)C3)c12.